The van der Waals surface area contributed by atoms with Crippen LogP contribution in [0.25, 0.3) is 16.7 Å². The summed E-state index contributed by atoms with van der Waals surface area (Å²) in [6.45, 7) is 2.40. The molecule has 2 aromatic carbocycles. The standard InChI is InChI=1S/C18H19N3O2/c1-13(11-23-2)20-18(22)14-7-9-15(10-8-14)21-12-19-16-5-3-4-6-17(16)21/h3-10,12-13H,11H2,1-2H3,(H,20,22)/t13-/m1/s1. The van der Waals surface area contributed by atoms with Crippen LogP contribution < -0.4 is 5.32 Å². The first kappa shape index (κ1) is 15.2. The molecule has 3 aromatic rings. The summed E-state index contributed by atoms with van der Waals surface area (Å²) in [5, 5.41) is 2.90. The first-order valence-corrected chi connectivity index (χ1v) is 7.51. The van der Waals surface area contributed by atoms with Crippen molar-refractivity contribution in [3.63, 3.8) is 0 Å². The average Bonchev–Trinajstić information content (AvgIpc) is 2.99. The van der Waals surface area contributed by atoms with Gasteiger partial charge in [0.25, 0.3) is 5.91 Å². The number of hydrogen-bond acceptors (Lipinski definition) is 3. The van der Waals surface area contributed by atoms with Gasteiger partial charge in [-0.15, -0.1) is 0 Å². The van der Waals surface area contributed by atoms with Crippen molar-refractivity contribution in [3.8, 4) is 5.69 Å². The van der Waals surface area contributed by atoms with Crippen LogP contribution in [0.1, 0.15) is 17.3 Å². The highest BCUT2D eigenvalue weighted by molar-refractivity contribution is 5.94. The second-order valence-electron chi connectivity index (χ2n) is 5.48. The number of fused-ring (bicyclic) bond motifs is 1. The Labute approximate surface area is 134 Å². The van der Waals surface area contributed by atoms with Gasteiger partial charge in [-0.25, -0.2) is 4.98 Å². The summed E-state index contributed by atoms with van der Waals surface area (Å²) in [7, 11) is 1.62. The molecule has 1 N–H and O–H groups in total. The molecule has 1 aromatic heterocycles. The van der Waals surface area contributed by atoms with Gasteiger partial charge in [-0.2, -0.15) is 0 Å². The van der Waals surface area contributed by atoms with Crippen LogP contribution in [0.4, 0.5) is 0 Å². The highest BCUT2D eigenvalue weighted by atomic mass is 16.5. The van der Waals surface area contributed by atoms with E-state index in [1.54, 1.807) is 13.4 Å². The van der Waals surface area contributed by atoms with Crippen molar-refractivity contribution in [1.29, 1.82) is 0 Å². The number of methoxy groups -OCH3 is 1. The SMILES string of the molecule is COC[C@@H](C)NC(=O)c1ccc(-n2cnc3ccccc32)cc1. The van der Waals surface area contributed by atoms with Gasteiger partial charge in [-0.05, 0) is 43.3 Å². The molecule has 5 heteroatoms. The fourth-order valence-corrected chi connectivity index (χ4v) is 2.54. The predicted octanol–water partition coefficient (Wildman–Crippen LogP) is 2.79. The third kappa shape index (κ3) is 3.24. The number of rotatable bonds is 5. The molecule has 0 aliphatic heterocycles. The van der Waals surface area contributed by atoms with Gasteiger partial charge in [0.1, 0.15) is 6.33 Å². The number of hydrogen-bond donors (Lipinski definition) is 1. The van der Waals surface area contributed by atoms with Crippen molar-refractivity contribution >= 4 is 16.9 Å². The molecule has 1 amide bonds. The van der Waals surface area contributed by atoms with Crippen molar-refractivity contribution in [2.24, 2.45) is 0 Å². The number of aromatic nitrogens is 2. The summed E-state index contributed by atoms with van der Waals surface area (Å²) < 4.78 is 7.03. The minimum Gasteiger partial charge on any atom is -0.383 e. The van der Waals surface area contributed by atoms with E-state index in [0.717, 1.165) is 16.7 Å². The van der Waals surface area contributed by atoms with E-state index in [4.69, 9.17) is 4.74 Å². The Balaban J connectivity index is 1.81. The molecule has 0 aliphatic carbocycles. The van der Waals surface area contributed by atoms with E-state index in [-0.39, 0.29) is 11.9 Å². The Morgan fingerprint density at radius 1 is 1.22 bits per heavy atom. The smallest absolute Gasteiger partial charge is 0.251 e. The number of imidazole rings is 1. The summed E-state index contributed by atoms with van der Waals surface area (Å²) in [5.41, 5.74) is 3.59. The quantitative estimate of drug-likeness (QED) is 0.788. The van der Waals surface area contributed by atoms with E-state index in [9.17, 15) is 4.79 Å². The second-order valence-corrected chi connectivity index (χ2v) is 5.48. The Bertz CT molecular complexity index is 809. The number of para-hydroxylation sites is 2. The Morgan fingerprint density at radius 2 is 1.96 bits per heavy atom. The normalized spacial score (nSPS) is 12.3. The Kier molecular flexibility index (Phi) is 4.39. The number of carbonyl (C=O) groups is 1. The maximum atomic E-state index is 12.2. The fourth-order valence-electron chi connectivity index (χ4n) is 2.54. The second kappa shape index (κ2) is 6.62. The zero-order chi connectivity index (χ0) is 16.2. The van der Waals surface area contributed by atoms with Crippen LogP contribution in [-0.2, 0) is 4.74 Å². The lowest BCUT2D eigenvalue weighted by Crippen LogP contribution is -2.35. The highest BCUT2D eigenvalue weighted by Crippen LogP contribution is 2.18. The lowest BCUT2D eigenvalue weighted by Gasteiger charge is -2.13. The predicted molar refractivity (Wildman–Crippen MR) is 89.9 cm³/mol. The van der Waals surface area contributed by atoms with E-state index in [2.05, 4.69) is 10.3 Å². The van der Waals surface area contributed by atoms with Gasteiger partial charge < -0.3 is 10.1 Å². The van der Waals surface area contributed by atoms with Gasteiger partial charge in [0.15, 0.2) is 0 Å². The van der Waals surface area contributed by atoms with E-state index in [1.165, 1.54) is 0 Å². The Hall–Kier alpha value is -2.66. The molecule has 1 atom stereocenters. The van der Waals surface area contributed by atoms with Crippen LogP contribution >= 0.6 is 0 Å². The lowest BCUT2D eigenvalue weighted by atomic mass is 10.1. The average molecular weight is 309 g/mol. The van der Waals surface area contributed by atoms with Gasteiger partial charge in [0.2, 0.25) is 0 Å². The fraction of sp³-hybridized carbons (Fsp3) is 0.222. The summed E-state index contributed by atoms with van der Waals surface area (Å²) in [5.74, 6) is -0.100. The third-order valence-electron chi connectivity index (χ3n) is 3.66. The molecule has 3 rings (SSSR count). The minimum atomic E-state index is -0.100. The molecule has 0 aliphatic rings. The molecule has 0 radical (unpaired) electrons. The molecule has 0 bridgehead atoms. The first-order chi connectivity index (χ1) is 11.2. The zero-order valence-corrected chi connectivity index (χ0v) is 13.2. The number of ether oxygens (including phenoxy) is 1. The molecule has 1 heterocycles. The van der Waals surface area contributed by atoms with E-state index < -0.39 is 0 Å². The number of benzene rings is 2. The minimum absolute atomic E-state index is 0.0234. The van der Waals surface area contributed by atoms with Crippen molar-refractivity contribution < 1.29 is 9.53 Å². The van der Waals surface area contributed by atoms with Crippen LogP contribution in [0.3, 0.4) is 0 Å². The van der Waals surface area contributed by atoms with E-state index >= 15 is 0 Å². The summed E-state index contributed by atoms with van der Waals surface area (Å²) >= 11 is 0. The summed E-state index contributed by atoms with van der Waals surface area (Å²) in [4.78, 5) is 16.5. The molecule has 23 heavy (non-hydrogen) atoms. The zero-order valence-electron chi connectivity index (χ0n) is 13.2. The summed E-state index contributed by atoms with van der Waals surface area (Å²) in [6, 6.07) is 15.4. The topological polar surface area (TPSA) is 56.1 Å². The van der Waals surface area contributed by atoms with Crippen LogP contribution in [-0.4, -0.2) is 35.2 Å². The molecule has 0 saturated carbocycles. The van der Waals surface area contributed by atoms with Crippen LogP contribution in [0, 0.1) is 0 Å². The molecular formula is C18H19N3O2. The lowest BCUT2D eigenvalue weighted by molar-refractivity contribution is 0.0905. The monoisotopic (exact) mass is 309 g/mol. The van der Waals surface area contributed by atoms with Crippen molar-refractivity contribution in [2.75, 3.05) is 13.7 Å². The molecule has 5 nitrogen and oxygen atoms in total. The molecule has 0 saturated heterocycles. The molecule has 0 unspecified atom stereocenters. The molecular weight excluding hydrogens is 290 g/mol. The highest BCUT2D eigenvalue weighted by Gasteiger charge is 2.10. The van der Waals surface area contributed by atoms with Gasteiger partial charge in [-0.1, -0.05) is 12.1 Å². The number of nitrogens with one attached hydrogen (secondary N) is 1. The van der Waals surface area contributed by atoms with Gasteiger partial charge >= 0.3 is 0 Å². The summed E-state index contributed by atoms with van der Waals surface area (Å²) in [6.07, 6.45) is 1.79. The van der Waals surface area contributed by atoms with E-state index in [1.807, 2.05) is 60.0 Å². The Morgan fingerprint density at radius 3 is 2.70 bits per heavy atom. The largest absolute Gasteiger partial charge is 0.383 e. The van der Waals surface area contributed by atoms with Crippen LogP contribution in [0.2, 0.25) is 0 Å². The maximum absolute atomic E-state index is 12.2. The van der Waals surface area contributed by atoms with Gasteiger partial charge in [0, 0.05) is 24.4 Å². The van der Waals surface area contributed by atoms with Crippen molar-refractivity contribution in [3.05, 3.63) is 60.4 Å². The molecule has 0 fully saturated rings. The molecule has 118 valence electrons. The first-order valence-electron chi connectivity index (χ1n) is 7.51. The van der Waals surface area contributed by atoms with E-state index in [0.29, 0.717) is 12.2 Å². The maximum Gasteiger partial charge on any atom is 0.251 e. The van der Waals surface area contributed by atoms with Crippen molar-refractivity contribution in [1.82, 2.24) is 14.9 Å². The van der Waals surface area contributed by atoms with Gasteiger partial charge in [0.05, 0.1) is 17.6 Å². The van der Waals surface area contributed by atoms with Crippen LogP contribution in [0.5, 0.6) is 0 Å². The number of amides is 1. The van der Waals surface area contributed by atoms with Crippen LogP contribution in [0.15, 0.2) is 54.9 Å². The van der Waals surface area contributed by atoms with Gasteiger partial charge in [-0.3, -0.25) is 9.36 Å². The number of nitrogens with zero attached hydrogens (tertiary/aromatic N) is 2. The number of carbonyl (C=O) groups excluding carboxylic acids is 1. The van der Waals surface area contributed by atoms with Crippen molar-refractivity contribution in [2.45, 2.75) is 13.0 Å². The molecule has 0 spiro atoms. The third-order valence-corrected chi connectivity index (χ3v) is 3.66.